The summed E-state index contributed by atoms with van der Waals surface area (Å²) in [5.74, 6) is 0. The predicted molar refractivity (Wildman–Crippen MR) is 104 cm³/mol. The molecule has 3 rings (SSSR count). The van der Waals surface area contributed by atoms with Crippen LogP contribution >= 0.6 is 34.8 Å². The van der Waals surface area contributed by atoms with Crippen LogP contribution in [-0.4, -0.2) is 31.1 Å². The topological polar surface area (TPSA) is 15.3 Å². The second-order valence-corrected chi connectivity index (χ2v) is 7.67. The van der Waals surface area contributed by atoms with Gasteiger partial charge in [-0.15, -0.1) is 0 Å². The van der Waals surface area contributed by atoms with Crippen LogP contribution in [0.5, 0.6) is 0 Å². The van der Waals surface area contributed by atoms with E-state index in [0.717, 1.165) is 43.8 Å². The number of alkyl halides is 3. The van der Waals surface area contributed by atoms with Gasteiger partial charge in [-0.25, -0.2) is 0 Å². The average molecular weight is 438 g/mol. The number of halogens is 6. The fraction of sp³-hybridized carbons (Fsp3) is 0.368. The Bertz CT molecular complexity index is 803. The Morgan fingerprint density at radius 3 is 2.33 bits per heavy atom. The molecule has 0 amide bonds. The zero-order valence-electron chi connectivity index (χ0n) is 14.3. The Kier molecular flexibility index (Phi) is 6.59. The molecule has 8 heteroatoms. The summed E-state index contributed by atoms with van der Waals surface area (Å²) in [6.07, 6.45) is -3.56. The van der Waals surface area contributed by atoms with Crippen LogP contribution in [0.15, 0.2) is 36.4 Å². The average Bonchev–Trinajstić information content (AvgIpc) is 2.88. The summed E-state index contributed by atoms with van der Waals surface area (Å²) in [7, 11) is 0. The fourth-order valence-electron chi connectivity index (χ4n) is 3.32. The van der Waals surface area contributed by atoms with Gasteiger partial charge in [-0.1, -0.05) is 40.9 Å². The minimum Gasteiger partial charge on any atom is -0.315 e. The molecule has 1 N–H and O–H groups in total. The maximum absolute atomic E-state index is 13.3. The van der Waals surface area contributed by atoms with Gasteiger partial charge in [0.1, 0.15) is 0 Å². The molecule has 2 nitrogen and oxygen atoms in total. The van der Waals surface area contributed by atoms with E-state index in [-0.39, 0.29) is 5.02 Å². The van der Waals surface area contributed by atoms with E-state index in [1.807, 2.05) is 0 Å². The molecule has 1 aliphatic heterocycles. The lowest BCUT2D eigenvalue weighted by molar-refractivity contribution is -0.137. The highest BCUT2D eigenvalue weighted by atomic mass is 35.5. The van der Waals surface area contributed by atoms with Gasteiger partial charge in [0, 0.05) is 24.7 Å². The van der Waals surface area contributed by atoms with Crippen LogP contribution in [0.3, 0.4) is 0 Å². The lowest BCUT2D eigenvalue weighted by Gasteiger charge is -2.32. The van der Waals surface area contributed by atoms with Gasteiger partial charge >= 0.3 is 6.18 Å². The first-order chi connectivity index (χ1) is 12.8. The smallest absolute Gasteiger partial charge is 0.315 e. The van der Waals surface area contributed by atoms with Crippen molar-refractivity contribution in [1.29, 1.82) is 0 Å². The highest BCUT2D eigenvalue weighted by molar-refractivity contribution is 6.42. The summed E-state index contributed by atoms with van der Waals surface area (Å²) < 4.78 is 39.9. The molecule has 1 heterocycles. The van der Waals surface area contributed by atoms with E-state index in [2.05, 4.69) is 10.2 Å². The third kappa shape index (κ3) is 4.90. The van der Waals surface area contributed by atoms with E-state index in [1.54, 1.807) is 18.2 Å². The van der Waals surface area contributed by atoms with E-state index in [4.69, 9.17) is 34.8 Å². The normalized spacial score (nSPS) is 17.6. The largest absolute Gasteiger partial charge is 0.416 e. The van der Waals surface area contributed by atoms with Crippen LogP contribution in [0, 0.1) is 0 Å². The Balaban J connectivity index is 2.13. The van der Waals surface area contributed by atoms with Gasteiger partial charge in [0.05, 0.1) is 21.7 Å². The van der Waals surface area contributed by atoms with Gasteiger partial charge in [-0.3, -0.25) is 4.90 Å². The molecule has 1 saturated heterocycles. The van der Waals surface area contributed by atoms with E-state index in [1.165, 1.54) is 6.07 Å². The van der Waals surface area contributed by atoms with Crippen LogP contribution in [0.2, 0.25) is 15.1 Å². The van der Waals surface area contributed by atoms with Crippen LogP contribution in [0.1, 0.15) is 29.2 Å². The second-order valence-electron chi connectivity index (χ2n) is 6.45. The van der Waals surface area contributed by atoms with Crippen molar-refractivity contribution in [1.82, 2.24) is 10.2 Å². The number of benzene rings is 2. The maximum Gasteiger partial charge on any atom is 0.416 e. The van der Waals surface area contributed by atoms with Gasteiger partial charge in [0.25, 0.3) is 0 Å². The molecule has 2 aromatic rings. The highest BCUT2D eigenvalue weighted by Gasteiger charge is 2.33. The van der Waals surface area contributed by atoms with Crippen LogP contribution < -0.4 is 5.32 Å². The number of hydrogen-bond donors (Lipinski definition) is 1. The fourth-order valence-corrected chi connectivity index (χ4v) is 3.85. The van der Waals surface area contributed by atoms with Gasteiger partial charge in [0.15, 0.2) is 0 Å². The number of rotatable bonds is 3. The summed E-state index contributed by atoms with van der Waals surface area (Å²) in [5, 5.41) is 4.34. The lowest BCUT2D eigenvalue weighted by Crippen LogP contribution is -2.33. The molecular formula is C19H18Cl3F3N2. The molecule has 27 heavy (non-hydrogen) atoms. The van der Waals surface area contributed by atoms with Crippen LogP contribution in [-0.2, 0) is 6.18 Å². The molecule has 0 aliphatic carbocycles. The summed E-state index contributed by atoms with van der Waals surface area (Å²) in [4.78, 5) is 2.13. The molecule has 2 aromatic carbocycles. The van der Waals surface area contributed by atoms with Crippen molar-refractivity contribution in [3.05, 3.63) is 68.2 Å². The third-order valence-corrected chi connectivity index (χ3v) is 5.70. The number of hydrogen-bond acceptors (Lipinski definition) is 2. The molecule has 1 unspecified atom stereocenters. The zero-order chi connectivity index (χ0) is 19.6. The van der Waals surface area contributed by atoms with Crippen molar-refractivity contribution < 1.29 is 13.2 Å². The molecule has 1 aliphatic rings. The summed E-state index contributed by atoms with van der Waals surface area (Å²) in [6.45, 7) is 3.01. The van der Waals surface area contributed by atoms with E-state index in [9.17, 15) is 13.2 Å². The summed E-state index contributed by atoms with van der Waals surface area (Å²) in [5.41, 5.74) is 0.444. The Morgan fingerprint density at radius 2 is 1.63 bits per heavy atom. The van der Waals surface area contributed by atoms with Crippen molar-refractivity contribution in [3.63, 3.8) is 0 Å². The first kappa shape index (κ1) is 20.7. The minimum absolute atomic E-state index is 0.288. The quantitative estimate of drug-likeness (QED) is 0.629. The number of nitrogens with zero attached hydrogens (tertiary/aromatic N) is 1. The monoisotopic (exact) mass is 436 g/mol. The van der Waals surface area contributed by atoms with Crippen molar-refractivity contribution in [2.45, 2.75) is 18.6 Å². The molecule has 0 radical (unpaired) electrons. The van der Waals surface area contributed by atoms with Crippen molar-refractivity contribution in [2.24, 2.45) is 0 Å². The van der Waals surface area contributed by atoms with Crippen LogP contribution in [0.4, 0.5) is 13.2 Å². The maximum atomic E-state index is 13.3. The minimum atomic E-state index is -4.44. The van der Waals surface area contributed by atoms with Crippen molar-refractivity contribution in [3.8, 4) is 0 Å². The Hall–Kier alpha value is -0.980. The molecule has 1 atom stereocenters. The van der Waals surface area contributed by atoms with Crippen molar-refractivity contribution in [2.75, 3.05) is 26.2 Å². The molecule has 0 aromatic heterocycles. The lowest BCUT2D eigenvalue weighted by atomic mass is 9.95. The zero-order valence-corrected chi connectivity index (χ0v) is 16.6. The molecule has 1 fully saturated rings. The SMILES string of the molecule is FC(F)(F)c1ccc(Cl)c(C(c2ccc(Cl)c(Cl)c2)N2CCCNCC2)c1. The third-order valence-electron chi connectivity index (χ3n) is 4.62. The molecule has 0 saturated carbocycles. The highest BCUT2D eigenvalue weighted by Crippen LogP contribution is 2.39. The predicted octanol–water partition coefficient (Wildman–Crippen LogP) is 6.05. The van der Waals surface area contributed by atoms with E-state index < -0.39 is 17.8 Å². The Labute approximate surface area is 171 Å². The number of nitrogens with one attached hydrogen (secondary N) is 1. The summed E-state index contributed by atoms with van der Waals surface area (Å²) in [6, 6.07) is 8.13. The molecule has 0 bridgehead atoms. The van der Waals surface area contributed by atoms with Gasteiger partial charge < -0.3 is 5.32 Å². The summed E-state index contributed by atoms with van der Waals surface area (Å²) >= 11 is 18.6. The first-order valence-corrected chi connectivity index (χ1v) is 9.67. The standard InChI is InChI=1S/C19H18Cl3F3N2/c20-15-5-3-13(19(23,24)25)11-14(15)18(27-8-1-6-26-7-9-27)12-2-4-16(21)17(22)10-12/h2-5,10-11,18,26H,1,6-9H2. The first-order valence-electron chi connectivity index (χ1n) is 8.54. The molecule has 146 valence electrons. The van der Waals surface area contributed by atoms with E-state index >= 15 is 0 Å². The van der Waals surface area contributed by atoms with E-state index in [0.29, 0.717) is 22.2 Å². The second kappa shape index (κ2) is 8.58. The van der Waals surface area contributed by atoms with Gasteiger partial charge in [-0.05, 0) is 54.4 Å². The van der Waals surface area contributed by atoms with Crippen molar-refractivity contribution >= 4 is 34.8 Å². The molecule has 0 spiro atoms. The van der Waals surface area contributed by atoms with Gasteiger partial charge in [-0.2, -0.15) is 13.2 Å². The van der Waals surface area contributed by atoms with Crippen LogP contribution in [0.25, 0.3) is 0 Å². The Morgan fingerprint density at radius 1 is 0.889 bits per heavy atom. The molecular weight excluding hydrogens is 420 g/mol. The van der Waals surface area contributed by atoms with Gasteiger partial charge in [0.2, 0.25) is 0 Å².